The molecular weight excluding hydrogens is 302 g/mol. The lowest BCUT2D eigenvalue weighted by Crippen LogP contribution is -2.44. The molecule has 2 aromatic rings. The highest BCUT2D eigenvalue weighted by Gasteiger charge is 2.17. The van der Waals surface area contributed by atoms with E-state index in [9.17, 15) is 0 Å². The van der Waals surface area contributed by atoms with Crippen molar-refractivity contribution in [2.24, 2.45) is 5.92 Å². The van der Waals surface area contributed by atoms with Gasteiger partial charge in [-0.2, -0.15) is 0 Å². The van der Waals surface area contributed by atoms with Crippen LogP contribution < -0.4 is 20.9 Å². The van der Waals surface area contributed by atoms with E-state index in [0.29, 0.717) is 5.92 Å². The number of piperazine rings is 1. The van der Waals surface area contributed by atoms with E-state index in [2.05, 4.69) is 36.9 Å². The fourth-order valence-corrected chi connectivity index (χ4v) is 3.48. The summed E-state index contributed by atoms with van der Waals surface area (Å²) in [7, 11) is 0. The van der Waals surface area contributed by atoms with E-state index < -0.39 is 0 Å². The monoisotopic (exact) mass is 327 g/mol. The molecule has 4 heterocycles. The van der Waals surface area contributed by atoms with E-state index in [1.54, 1.807) is 12.4 Å². The first-order chi connectivity index (χ1) is 11.9. The van der Waals surface area contributed by atoms with Crippen LogP contribution in [0.4, 0.5) is 11.6 Å². The van der Waals surface area contributed by atoms with Crippen LogP contribution in [0.15, 0.2) is 18.5 Å². The molecule has 4 rings (SSSR count). The number of aromatic nitrogens is 3. The number of rotatable bonds is 4. The summed E-state index contributed by atoms with van der Waals surface area (Å²) in [4.78, 5) is 16.2. The van der Waals surface area contributed by atoms with Gasteiger partial charge < -0.3 is 20.9 Å². The first-order valence-electron chi connectivity index (χ1n) is 8.92. The van der Waals surface area contributed by atoms with Crippen molar-refractivity contribution in [3.63, 3.8) is 0 Å². The van der Waals surface area contributed by atoms with E-state index in [4.69, 9.17) is 4.98 Å². The maximum atomic E-state index is 4.87. The Labute approximate surface area is 142 Å². The molecule has 7 heteroatoms. The van der Waals surface area contributed by atoms with Crippen LogP contribution in [0.1, 0.15) is 12.8 Å². The van der Waals surface area contributed by atoms with Gasteiger partial charge in [0, 0.05) is 51.2 Å². The van der Waals surface area contributed by atoms with Gasteiger partial charge in [-0.05, 0) is 31.8 Å². The van der Waals surface area contributed by atoms with Crippen molar-refractivity contribution in [2.45, 2.75) is 12.8 Å². The second-order valence-corrected chi connectivity index (χ2v) is 6.58. The van der Waals surface area contributed by atoms with Gasteiger partial charge in [-0.3, -0.25) is 4.98 Å². The number of anilines is 2. The number of fused-ring (bicyclic) bond motifs is 1. The average molecular weight is 327 g/mol. The number of hydrogen-bond acceptors (Lipinski definition) is 7. The van der Waals surface area contributed by atoms with E-state index >= 15 is 0 Å². The van der Waals surface area contributed by atoms with Gasteiger partial charge in [0.25, 0.3) is 0 Å². The Morgan fingerprint density at radius 2 is 2.00 bits per heavy atom. The highest BCUT2D eigenvalue weighted by Crippen LogP contribution is 2.24. The molecule has 0 aliphatic carbocycles. The zero-order valence-corrected chi connectivity index (χ0v) is 14.0. The van der Waals surface area contributed by atoms with Crippen molar-refractivity contribution in [2.75, 3.05) is 56.0 Å². The quantitative estimate of drug-likeness (QED) is 0.768. The van der Waals surface area contributed by atoms with Crippen molar-refractivity contribution < 1.29 is 0 Å². The molecule has 0 unspecified atom stereocenters. The third kappa shape index (κ3) is 3.42. The average Bonchev–Trinajstić information content (AvgIpc) is 2.67. The molecule has 1 atom stereocenters. The summed E-state index contributed by atoms with van der Waals surface area (Å²) in [5.41, 5.74) is 1.77. The zero-order chi connectivity index (χ0) is 16.2. The Morgan fingerprint density at radius 1 is 1.12 bits per heavy atom. The third-order valence-corrected chi connectivity index (χ3v) is 4.84. The van der Waals surface area contributed by atoms with Crippen LogP contribution in [0.2, 0.25) is 0 Å². The molecule has 0 bridgehead atoms. The van der Waals surface area contributed by atoms with Gasteiger partial charge >= 0.3 is 0 Å². The minimum atomic E-state index is 0.648. The molecule has 3 N–H and O–H groups in total. The topological polar surface area (TPSA) is 78.0 Å². The molecule has 0 spiro atoms. The second-order valence-electron chi connectivity index (χ2n) is 6.58. The van der Waals surface area contributed by atoms with Crippen LogP contribution in [-0.2, 0) is 0 Å². The zero-order valence-electron chi connectivity index (χ0n) is 14.0. The van der Waals surface area contributed by atoms with Gasteiger partial charge in [-0.25, -0.2) is 9.97 Å². The van der Waals surface area contributed by atoms with Crippen LogP contribution in [0.25, 0.3) is 11.0 Å². The molecular formula is C17H25N7. The lowest BCUT2D eigenvalue weighted by molar-refractivity contribution is 0.392. The Balaban J connectivity index is 1.59. The van der Waals surface area contributed by atoms with Crippen LogP contribution >= 0.6 is 0 Å². The van der Waals surface area contributed by atoms with Gasteiger partial charge in [0.05, 0.1) is 5.52 Å². The van der Waals surface area contributed by atoms with Crippen molar-refractivity contribution in [1.29, 1.82) is 0 Å². The van der Waals surface area contributed by atoms with Crippen LogP contribution in [0.3, 0.4) is 0 Å². The first kappa shape index (κ1) is 15.5. The lowest BCUT2D eigenvalue weighted by Gasteiger charge is -2.29. The van der Waals surface area contributed by atoms with Crippen LogP contribution in [0, 0.1) is 5.92 Å². The molecule has 7 nitrogen and oxygen atoms in total. The molecule has 2 fully saturated rings. The summed E-state index contributed by atoms with van der Waals surface area (Å²) in [6, 6.07) is 2.06. The fraction of sp³-hybridized carbons (Fsp3) is 0.588. The number of piperidine rings is 1. The first-order valence-corrected chi connectivity index (χ1v) is 8.92. The molecule has 2 aliphatic rings. The Morgan fingerprint density at radius 3 is 2.83 bits per heavy atom. The number of pyridine rings is 1. The summed E-state index contributed by atoms with van der Waals surface area (Å²) >= 11 is 0. The number of hydrogen-bond donors (Lipinski definition) is 3. The molecule has 2 aromatic heterocycles. The largest absolute Gasteiger partial charge is 0.368 e. The lowest BCUT2D eigenvalue weighted by atomic mass is 10.00. The summed E-state index contributed by atoms with van der Waals surface area (Å²) in [6.07, 6.45) is 6.00. The predicted molar refractivity (Wildman–Crippen MR) is 96.5 cm³/mol. The Hall–Kier alpha value is -1.99. The minimum absolute atomic E-state index is 0.648. The van der Waals surface area contributed by atoms with Crippen LogP contribution in [0.5, 0.6) is 0 Å². The summed E-state index contributed by atoms with van der Waals surface area (Å²) in [6.45, 7) is 7.09. The second kappa shape index (κ2) is 7.27. The maximum absolute atomic E-state index is 4.87. The SMILES string of the molecule is c1cnc2c(NC[C@H]3CCCNC3)nc(N3CCNCC3)cc2n1. The highest BCUT2D eigenvalue weighted by atomic mass is 15.2. The highest BCUT2D eigenvalue weighted by molar-refractivity contribution is 5.87. The van der Waals surface area contributed by atoms with Crippen LogP contribution in [-0.4, -0.2) is 60.8 Å². The smallest absolute Gasteiger partial charge is 0.156 e. The van der Waals surface area contributed by atoms with E-state index in [0.717, 1.165) is 68.5 Å². The molecule has 0 aromatic carbocycles. The van der Waals surface area contributed by atoms with Crippen molar-refractivity contribution in [1.82, 2.24) is 25.6 Å². The Kier molecular flexibility index (Phi) is 4.71. The number of nitrogens with zero attached hydrogens (tertiary/aromatic N) is 4. The predicted octanol–water partition coefficient (Wildman–Crippen LogP) is 0.846. The molecule has 24 heavy (non-hydrogen) atoms. The van der Waals surface area contributed by atoms with E-state index in [-0.39, 0.29) is 0 Å². The number of nitrogens with one attached hydrogen (secondary N) is 3. The fourth-order valence-electron chi connectivity index (χ4n) is 3.48. The standard InChI is InChI=1S/C17H25N7/c1-2-13(11-19-3-1)12-22-17-16-14(20-4-5-21-16)10-15(23-17)24-8-6-18-7-9-24/h4-5,10,13,18-19H,1-3,6-9,11-12H2,(H,22,23)/t13-/m0/s1. The maximum Gasteiger partial charge on any atom is 0.156 e. The van der Waals surface area contributed by atoms with Gasteiger partial charge in [-0.1, -0.05) is 0 Å². The van der Waals surface area contributed by atoms with Gasteiger partial charge in [0.2, 0.25) is 0 Å². The molecule has 2 saturated heterocycles. The summed E-state index contributed by atoms with van der Waals surface area (Å²) < 4.78 is 0. The molecule has 128 valence electrons. The summed E-state index contributed by atoms with van der Waals surface area (Å²) in [5, 5.41) is 10.4. The van der Waals surface area contributed by atoms with Crippen molar-refractivity contribution >= 4 is 22.7 Å². The Bertz CT molecular complexity index is 678. The minimum Gasteiger partial charge on any atom is -0.368 e. The van der Waals surface area contributed by atoms with Gasteiger partial charge in [0.1, 0.15) is 11.3 Å². The molecule has 0 radical (unpaired) electrons. The van der Waals surface area contributed by atoms with Crippen molar-refractivity contribution in [3.05, 3.63) is 18.5 Å². The van der Waals surface area contributed by atoms with Gasteiger partial charge in [-0.15, -0.1) is 0 Å². The molecule has 0 saturated carbocycles. The third-order valence-electron chi connectivity index (χ3n) is 4.84. The van der Waals surface area contributed by atoms with Gasteiger partial charge in [0.15, 0.2) is 5.82 Å². The molecule has 2 aliphatic heterocycles. The normalized spacial score (nSPS) is 21.8. The molecule has 0 amide bonds. The van der Waals surface area contributed by atoms with E-state index in [1.807, 2.05) is 0 Å². The summed E-state index contributed by atoms with van der Waals surface area (Å²) in [5.74, 6) is 2.50. The van der Waals surface area contributed by atoms with E-state index in [1.165, 1.54) is 12.8 Å². The van der Waals surface area contributed by atoms with Crippen molar-refractivity contribution in [3.8, 4) is 0 Å².